The molecule has 0 aliphatic carbocycles. The van der Waals surface area contributed by atoms with Crippen molar-refractivity contribution in [2.24, 2.45) is 0 Å². The van der Waals surface area contributed by atoms with Crippen LogP contribution in [0.2, 0.25) is 0 Å². The van der Waals surface area contributed by atoms with Gasteiger partial charge in [-0.05, 0) is 49.0 Å². The van der Waals surface area contributed by atoms with Gasteiger partial charge in [0.25, 0.3) is 5.91 Å². The first-order chi connectivity index (χ1) is 13.7. The Balaban J connectivity index is 1.55. The lowest BCUT2D eigenvalue weighted by molar-refractivity contribution is 0.0951. The molecule has 6 nitrogen and oxygen atoms in total. The first-order valence-corrected chi connectivity index (χ1v) is 9.16. The fourth-order valence-corrected chi connectivity index (χ4v) is 2.68. The number of pyridine rings is 1. The molecule has 2 aromatic carbocycles. The van der Waals surface area contributed by atoms with Crippen LogP contribution in [0.15, 0.2) is 66.7 Å². The highest BCUT2D eigenvalue weighted by atomic mass is 16.5. The molecule has 0 fully saturated rings. The van der Waals surface area contributed by atoms with E-state index < -0.39 is 0 Å². The number of hydrogen-bond acceptors (Lipinski definition) is 5. The van der Waals surface area contributed by atoms with E-state index in [4.69, 9.17) is 10.5 Å². The van der Waals surface area contributed by atoms with Crippen LogP contribution < -0.4 is 21.1 Å². The minimum absolute atomic E-state index is 0.241. The second kappa shape index (κ2) is 9.53. The summed E-state index contributed by atoms with van der Waals surface area (Å²) < 4.78 is 5.77. The lowest BCUT2D eigenvalue weighted by atomic mass is 10.1. The molecule has 1 amide bonds. The summed E-state index contributed by atoms with van der Waals surface area (Å²) in [5.41, 5.74) is 8.16. The highest BCUT2D eigenvalue weighted by molar-refractivity contribution is 5.98. The predicted molar refractivity (Wildman–Crippen MR) is 110 cm³/mol. The topological polar surface area (TPSA) is 89.3 Å². The molecule has 3 aromatic rings. The average Bonchev–Trinajstić information content (AvgIpc) is 2.72. The molecular formula is C22H24N4O2. The Kier molecular flexibility index (Phi) is 6.59. The van der Waals surface area contributed by atoms with Crippen molar-refractivity contribution in [2.75, 3.05) is 19.3 Å². The summed E-state index contributed by atoms with van der Waals surface area (Å²) in [5.74, 6) is 1.53. The number of nitrogens with two attached hydrogens (primary N) is 1. The molecule has 0 spiro atoms. The van der Waals surface area contributed by atoms with Gasteiger partial charge in [-0.1, -0.05) is 30.3 Å². The van der Waals surface area contributed by atoms with Crippen molar-refractivity contribution in [3.05, 3.63) is 83.6 Å². The van der Waals surface area contributed by atoms with Crippen LogP contribution in [0.25, 0.3) is 0 Å². The van der Waals surface area contributed by atoms with Crippen LogP contribution in [-0.4, -0.2) is 24.5 Å². The number of rotatable bonds is 8. The molecule has 4 N–H and O–H groups in total. The fourth-order valence-electron chi connectivity index (χ4n) is 2.68. The van der Waals surface area contributed by atoms with Gasteiger partial charge in [0.15, 0.2) is 0 Å². The number of carbonyl (C=O) groups is 1. The van der Waals surface area contributed by atoms with Crippen LogP contribution >= 0.6 is 0 Å². The Morgan fingerprint density at radius 2 is 1.71 bits per heavy atom. The van der Waals surface area contributed by atoms with E-state index in [-0.39, 0.29) is 11.7 Å². The number of nitrogen functional groups attached to an aromatic ring is 1. The van der Waals surface area contributed by atoms with Crippen molar-refractivity contribution in [2.45, 2.75) is 13.0 Å². The third-order valence-electron chi connectivity index (χ3n) is 4.21. The van der Waals surface area contributed by atoms with E-state index >= 15 is 0 Å². The largest absolute Gasteiger partial charge is 0.457 e. The number of nitrogens with zero attached hydrogens (tertiary/aromatic N) is 1. The molecule has 0 unspecified atom stereocenters. The monoisotopic (exact) mass is 376 g/mol. The third kappa shape index (κ3) is 5.31. The van der Waals surface area contributed by atoms with Gasteiger partial charge in [0.1, 0.15) is 17.3 Å². The minimum atomic E-state index is -0.241. The molecule has 0 aliphatic heterocycles. The summed E-state index contributed by atoms with van der Waals surface area (Å²) in [6.07, 6.45) is 0.764. The standard InChI is InChI=1S/C22H24N4O2/c1-24-14-13-17-9-12-20(21(23)26-17)22(27)25-15-16-7-10-19(11-8-16)28-18-5-3-2-4-6-18/h2-12,24H,13-15H2,1H3,(H2,23,26)(H,25,27). The number of nitrogens with one attached hydrogen (secondary N) is 2. The number of anilines is 1. The van der Waals surface area contributed by atoms with Gasteiger partial charge in [0, 0.05) is 25.2 Å². The summed E-state index contributed by atoms with van der Waals surface area (Å²) in [6.45, 7) is 1.20. The van der Waals surface area contributed by atoms with Gasteiger partial charge in [0.2, 0.25) is 0 Å². The summed E-state index contributed by atoms with van der Waals surface area (Å²) in [4.78, 5) is 16.7. The molecule has 0 radical (unpaired) electrons. The molecule has 1 heterocycles. The molecule has 28 heavy (non-hydrogen) atoms. The van der Waals surface area contributed by atoms with Crippen LogP contribution in [0.5, 0.6) is 11.5 Å². The van der Waals surface area contributed by atoms with Crippen molar-refractivity contribution < 1.29 is 9.53 Å². The van der Waals surface area contributed by atoms with Crippen LogP contribution in [0.4, 0.5) is 5.82 Å². The van der Waals surface area contributed by atoms with E-state index in [1.165, 1.54) is 0 Å². The SMILES string of the molecule is CNCCc1ccc(C(=O)NCc2ccc(Oc3ccccc3)cc2)c(N)n1. The number of aromatic nitrogens is 1. The van der Waals surface area contributed by atoms with Crippen LogP contribution in [0, 0.1) is 0 Å². The van der Waals surface area contributed by atoms with E-state index in [0.717, 1.165) is 35.7 Å². The van der Waals surface area contributed by atoms with Crippen LogP contribution in [0.3, 0.4) is 0 Å². The van der Waals surface area contributed by atoms with Gasteiger partial charge in [-0.3, -0.25) is 4.79 Å². The fraction of sp³-hybridized carbons (Fsp3) is 0.182. The first kappa shape index (κ1) is 19.4. The van der Waals surface area contributed by atoms with Crippen molar-refractivity contribution in [3.8, 4) is 11.5 Å². The summed E-state index contributed by atoms with van der Waals surface area (Å²) in [5, 5.41) is 5.94. The zero-order valence-corrected chi connectivity index (χ0v) is 15.8. The molecule has 144 valence electrons. The Morgan fingerprint density at radius 3 is 2.39 bits per heavy atom. The number of para-hydroxylation sites is 1. The number of ether oxygens (including phenoxy) is 1. The highest BCUT2D eigenvalue weighted by Gasteiger charge is 2.11. The minimum Gasteiger partial charge on any atom is -0.457 e. The van der Waals surface area contributed by atoms with Crippen LogP contribution in [0.1, 0.15) is 21.6 Å². The summed E-state index contributed by atoms with van der Waals surface area (Å²) >= 11 is 0. The van der Waals surface area contributed by atoms with Gasteiger partial charge in [-0.15, -0.1) is 0 Å². The smallest absolute Gasteiger partial charge is 0.255 e. The van der Waals surface area contributed by atoms with Gasteiger partial charge >= 0.3 is 0 Å². The zero-order chi connectivity index (χ0) is 19.8. The molecule has 0 saturated heterocycles. The number of carbonyl (C=O) groups excluding carboxylic acids is 1. The molecule has 0 saturated carbocycles. The van der Waals surface area contributed by atoms with E-state index in [0.29, 0.717) is 12.1 Å². The zero-order valence-electron chi connectivity index (χ0n) is 15.8. The Labute approximate surface area is 164 Å². The van der Waals surface area contributed by atoms with E-state index in [2.05, 4.69) is 15.6 Å². The molecule has 1 aromatic heterocycles. The average molecular weight is 376 g/mol. The Hall–Kier alpha value is -3.38. The van der Waals surface area contributed by atoms with E-state index in [1.54, 1.807) is 6.07 Å². The summed E-state index contributed by atoms with van der Waals surface area (Å²) in [7, 11) is 1.88. The van der Waals surface area contributed by atoms with Gasteiger partial charge in [0.05, 0.1) is 5.56 Å². The van der Waals surface area contributed by atoms with Gasteiger partial charge in [-0.2, -0.15) is 0 Å². The maximum absolute atomic E-state index is 12.4. The predicted octanol–water partition coefficient (Wildman–Crippen LogP) is 3.15. The molecule has 6 heteroatoms. The van der Waals surface area contributed by atoms with Crippen LogP contribution in [-0.2, 0) is 13.0 Å². The maximum Gasteiger partial charge on any atom is 0.255 e. The van der Waals surface area contributed by atoms with Crippen molar-refractivity contribution in [1.29, 1.82) is 0 Å². The second-order valence-electron chi connectivity index (χ2n) is 6.33. The highest BCUT2D eigenvalue weighted by Crippen LogP contribution is 2.21. The van der Waals surface area contributed by atoms with Crippen molar-refractivity contribution in [3.63, 3.8) is 0 Å². The van der Waals surface area contributed by atoms with Crippen molar-refractivity contribution >= 4 is 11.7 Å². The molecule has 0 atom stereocenters. The lowest BCUT2D eigenvalue weighted by Gasteiger charge is -2.10. The Morgan fingerprint density at radius 1 is 1.00 bits per heavy atom. The molecule has 3 rings (SSSR count). The normalized spacial score (nSPS) is 10.5. The number of amides is 1. The molecular weight excluding hydrogens is 352 g/mol. The second-order valence-corrected chi connectivity index (χ2v) is 6.33. The quantitative estimate of drug-likeness (QED) is 0.562. The maximum atomic E-state index is 12.4. The lowest BCUT2D eigenvalue weighted by Crippen LogP contribution is -2.24. The first-order valence-electron chi connectivity index (χ1n) is 9.16. The van der Waals surface area contributed by atoms with Gasteiger partial charge in [-0.25, -0.2) is 4.98 Å². The Bertz CT molecular complexity index is 912. The van der Waals surface area contributed by atoms with E-state index in [1.807, 2.05) is 67.7 Å². The molecule has 0 bridgehead atoms. The molecule has 0 aliphatic rings. The van der Waals surface area contributed by atoms with Crippen molar-refractivity contribution in [1.82, 2.24) is 15.6 Å². The number of hydrogen-bond donors (Lipinski definition) is 3. The summed E-state index contributed by atoms with van der Waals surface area (Å²) in [6, 6.07) is 20.7. The number of benzene rings is 2. The third-order valence-corrected chi connectivity index (χ3v) is 4.21. The van der Waals surface area contributed by atoms with E-state index in [9.17, 15) is 4.79 Å². The van der Waals surface area contributed by atoms with Gasteiger partial charge < -0.3 is 21.1 Å². The number of likely N-dealkylation sites (N-methyl/N-ethyl adjacent to an activating group) is 1.